The van der Waals surface area contributed by atoms with Crippen molar-refractivity contribution in [2.45, 2.75) is 26.2 Å². The number of benzene rings is 1. The molecule has 132 valence electrons. The van der Waals surface area contributed by atoms with E-state index in [1.807, 2.05) is 25.1 Å². The van der Waals surface area contributed by atoms with Gasteiger partial charge in [-0.05, 0) is 55.5 Å². The van der Waals surface area contributed by atoms with Crippen molar-refractivity contribution in [2.75, 3.05) is 11.9 Å². The Morgan fingerprint density at radius 1 is 1.23 bits per heavy atom. The van der Waals surface area contributed by atoms with Gasteiger partial charge in [0.25, 0.3) is 17.5 Å². The number of fused-ring (bicyclic) bond motifs is 2. The number of nitrogens with one attached hydrogen (secondary N) is 1. The minimum absolute atomic E-state index is 0.128. The van der Waals surface area contributed by atoms with Gasteiger partial charge in [0.2, 0.25) is 0 Å². The first-order chi connectivity index (χ1) is 12.6. The SMILES string of the molecule is Cc1ccnc2nc(C(=O)OCC(=O)Nc3ccc4c(c3)CCC4)nn12. The average Bonchev–Trinajstić information content (AvgIpc) is 3.26. The maximum Gasteiger partial charge on any atom is 0.378 e. The molecular formula is C18H17N5O3. The summed E-state index contributed by atoms with van der Waals surface area (Å²) in [6.45, 7) is 1.42. The Labute approximate surface area is 149 Å². The number of hydrogen-bond donors (Lipinski definition) is 1. The Hall–Kier alpha value is -3.29. The molecule has 0 aliphatic heterocycles. The van der Waals surface area contributed by atoms with Gasteiger partial charge >= 0.3 is 5.97 Å². The molecule has 0 bridgehead atoms. The third kappa shape index (κ3) is 3.13. The van der Waals surface area contributed by atoms with E-state index in [2.05, 4.69) is 20.4 Å². The van der Waals surface area contributed by atoms with Gasteiger partial charge in [0.1, 0.15) is 0 Å². The zero-order valence-corrected chi connectivity index (χ0v) is 14.2. The van der Waals surface area contributed by atoms with Crippen molar-refractivity contribution < 1.29 is 14.3 Å². The fourth-order valence-corrected chi connectivity index (χ4v) is 3.04. The monoisotopic (exact) mass is 351 g/mol. The molecule has 2 aromatic heterocycles. The van der Waals surface area contributed by atoms with Crippen LogP contribution in [0.1, 0.15) is 33.9 Å². The van der Waals surface area contributed by atoms with E-state index < -0.39 is 18.5 Å². The van der Waals surface area contributed by atoms with Gasteiger partial charge in [-0.2, -0.15) is 4.98 Å². The van der Waals surface area contributed by atoms with E-state index in [1.165, 1.54) is 15.6 Å². The predicted octanol–water partition coefficient (Wildman–Crippen LogP) is 1.72. The molecule has 1 aliphatic rings. The topological polar surface area (TPSA) is 98.5 Å². The number of amides is 1. The lowest BCUT2D eigenvalue weighted by molar-refractivity contribution is -0.119. The molecule has 0 unspecified atom stereocenters. The second-order valence-electron chi connectivity index (χ2n) is 6.19. The van der Waals surface area contributed by atoms with Crippen LogP contribution < -0.4 is 5.32 Å². The van der Waals surface area contributed by atoms with E-state index in [0.29, 0.717) is 11.5 Å². The number of esters is 1. The number of anilines is 1. The number of aryl methyl sites for hydroxylation is 3. The number of ether oxygens (including phenoxy) is 1. The number of carbonyl (C=O) groups is 2. The van der Waals surface area contributed by atoms with Gasteiger partial charge in [-0.3, -0.25) is 4.79 Å². The molecule has 8 nitrogen and oxygen atoms in total. The summed E-state index contributed by atoms with van der Waals surface area (Å²) in [4.78, 5) is 32.1. The van der Waals surface area contributed by atoms with Crippen LogP contribution in [0.5, 0.6) is 0 Å². The molecule has 26 heavy (non-hydrogen) atoms. The minimum Gasteiger partial charge on any atom is -0.450 e. The Bertz CT molecular complexity index is 1010. The van der Waals surface area contributed by atoms with Crippen LogP contribution >= 0.6 is 0 Å². The number of rotatable bonds is 4. The first-order valence-electron chi connectivity index (χ1n) is 8.37. The van der Waals surface area contributed by atoms with Crippen molar-refractivity contribution in [3.8, 4) is 0 Å². The molecule has 4 rings (SSSR count). The van der Waals surface area contributed by atoms with Crippen molar-refractivity contribution in [2.24, 2.45) is 0 Å². The van der Waals surface area contributed by atoms with Gasteiger partial charge in [0.05, 0.1) is 0 Å². The van der Waals surface area contributed by atoms with Gasteiger partial charge in [0, 0.05) is 17.6 Å². The summed E-state index contributed by atoms with van der Waals surface area (Å²) in [5.74, 6) is -0.995. The standard InChI is InChI=1S/C18H17N5O3/c1-11-7-8-19-18-21-16(22-23(11)18)17(25)26-10-15(24)20-14-6-5-12-3-2-4-13(12)9-14/h5-9H,2-4,10H2,1H3,(H,20,24). The highest BCUT2D eigenvalue weighted by atomic mass is 16.5. The van der Waals surface area contributed by atoms with E-state index in [-0.39, 0.29) is 5.82 Å². The van der Waals surface area contributed by atoms with Crippen LogP contribution in [0.4, 0.5) is 5.69 Å². The zero-order chi connectivity index (χ0) is 18.1. The summed E-state index contributed by atoms with van der Waals surface area (Å²) in [6.07, 6.45) is 4.84. The van der Waals surface area contributed by atoms with Crippen molar-refractivity contribution in [1.29, 1.82) is 0 Å². The fraction of sp³-hybridized carbons (Fsp3) is 0.278. The Morgan fingerprint density at radius 3 is 2.92 bits per heavy atom. The molecular weight excluding hydrogens is 334 g/mol. The number of aromatic nitrogens is 4. The molecule has 3 aromatic rings. The van der Waals surface area contributed by atoms with Crippen LogP contribution in [0.3, 0.4) is 0 Å². The van der Waals surface area contributed by atoms with Crippen LogP contribution in [0, 0.1) is 6.92 Å². The zero-order valence-electron chi connectivity index (χ0n) is 14.2. The molecule has 1 N–H and O–H groups in total. The second-order valence-corrected chi connectivity index (χ2v) is 6.19. The Morgan fingerprint density at radius 2 is 2.08 bits per heavy atom. The summed E-state index contributed by atoms with van der Waals surface area (Å²) < 4.78 is 6.45. The Kier molecular flexibility index (Phi) is 4.08. The summed E-state index contributed by atoms with van der Waals surface area (Å²) >= 11 is 0. The maximum atomic E-state index is 12.1. The summed E-state index contributed by atoms with van der Waals surface area (Å²) in [6, 6.07) is 7.61. The highest BCUT2D eigenvalue weighted by molar-refractivity contribution is 5.94. The molecule has 0 atom stereocenters. The maximum absolute atomic E-state index is 12.1. The Balaban J connectivity index is 1.37. The minimum atomic E-state index is -0.765. The van der Waals surface area contributed by atoms with Gasteiger partial charge in [-0.15, -0.1) is 5.10 Å². The molecule has 0 radical (unpaired) electrons. The molecule has 1 aromatic carbocycles. The lowest BCUT2D eigenvalue weighted by Crippen LogP contribution is -2.21. The molecule has 0 saturated heterocycles. The highest BCUT2D eigenvalue weighted by Crippen LogP contribution is 2.24. The largest absolute Gasteiger partial charge is 0.450 e. The van der Waals surface area contributed by atoms with Crippen molar-refractivity contribution in [3.05, 3.63) is 53.1 Å². The first kappa shape index (κ1) is 16.2. The van der Waals surface area contributed by atoms with Crippen LogP contribution in [-0.4, -0.2) is 38.1 Å². The fourth-order valence-electron chi connectivity index (χ4n) is 3.04. The first-order valence-corrected chi connectivity index (χ1v) is 8.37. The van der Waals surface area contributed by atoms with E-state index in [9.17, 15) is 9.59 Å². The third-order valence-corrected chi connectivity index (χ3v) is 4.33. The van der Waals surface area contributed by atoms with Crippen LogP contribution in [0.2, 0.25) is 0 Å². The lowest BCUT2D eigenvalue weighted by Gasteiger charge is -2.07. The van der Waals surface area contributed by atoms with E-state index in [4.69, 9.17) is 4.74 Å². The molecule has 8 heteroatoms. The predicted molar refractivity (Wildman–Crippen MR) is 92.9 cm³/mol. The van der Waals surface area contributed by atoms with Gasteiger partial charge in [-0.1, -0.05) is 6.07 Å². The molecule has 1 amide bonds. The van der Waals surface area contributed by atoms with Gasteiger partial charge in [0.15, 0.2) is 6.61 Å². The quantitative estimate of drug-likeness (QED) is 0.719. The molecule has 0 fully saturated rings. The number of nitrogens with zero attached hydrogens (tertiary/aromatic N) is 4. The molecule has 0 saturated carbocycles. The average molecular weight is 351 g/mol. The van der Waals surface area contributed by atoms with Crippen LogP contribution in [-0.2, 0) is 22.4 Å². The molecule has 1 aliphatic carbocycles. The molecule has 2 heterocycles. The molecule has 0 spiro atoms. The van der Waals surface area contributed by atoms with E-state index in [0.717, 1.165) is 25.0 Å². The lowest BCUT2D eigenvalue weighted by atomic mass is 10.1. The summed E-state index contributed by atoms with van der Waals surface area (Å²) in [5.41, 5.74) is 4.08. The van der Waals surface area contributed by atoms with Crippen LogP contribution in [0.15, 0.2) is 30.5 Å². The van der Waals surface area contributed by atoms with Gasteiger partial charge < -0.3 is 10.1 Å². The van der Waals surface area contributed by atoms with E-state index >= 15 is 0 Å². The van der Waals surface area contributed by atoms with E-state index in [1.54, 1.807) is 12.3 Å². The summed E-state index contributed by atoms with van der Waals surface area (Å²) in [7, 11) is 0. The second kappa shape index (κ2) is 6.55. The number of hydrogen-bond acceptors (Lipinski definition) is 6. The van der Waals surface area contributed by atoms with Crippen molar-refractivity contribution >= 4 is 23.3 Å². The summed E-state index contributed by atoms with van der Waals surface area (Å²) in [5, 5.41) is 6.79. The van der Waals surface area contributed by atoms with Crippen molar-refractivity contribution in [1.82, 2.24) is 19.6 Å². The van der Waals surface area contributed by atoms with Crippen LogP contribution in [0.25, 0.3) is 5.78 Å². The van der Waals surface area contributed by atoms with Crippen molar-refractivity contribution in [3.63, 3.8) is 0 Å². The normalized spacial score (nSPS) is 12.8. The third-order valence-electron chi connectivity index (χ3n) is 4.33. The highest BCUT2D eigenvalue weighted by Gasteiger charge is 2.18. The smallest absolute Gasteiger partial charge is 0.378 e. The number of carbonyl (C=O) groups excluding carboxylic acids is 2. The van der Waals surface area contributed by atoms with Gasteiger partial charge in [-0.25, -0.2) is 14.3 Å².